The van der Waals surface area contributed by atoms with Crippen LogP contribution < -0.4 is 10.5 Å². The second-order valence-electron chi connectivity index (χ2n) is 11.7. The van der Waals surface area contributed by atoms with E-state index >= 15 is 0 Å². The summed E-state index contributed by atoms with van der Waals surface area (Å²) in [5.74, 6) is 0.169. The van der Waals surface area contributed by atoms with Crippen molar-refractivity contribution in [1.82, 2.24) is 29.1 Å². The summed E-state index contributed by atoms with van der Waals surface area (Å²) in [6, 6.07) is 7.73. The van der Waals surface area contributed by atoms with Crippen LogP contribution in [0.4, 0.5) is 14.5 Å². The van der Waals surface area contributed by atoms with Crippen molar-refractivity contribution < 1.29 is 18.7 Å². The number of piperidine rings is 1. The Hall–Kier alpha value is -3.38. The van der Waals surface area contributed by atoms with Gasteiger partial charge in [0.15, 0.2) is 5.65 Å². The van der Waals surface area contributed by atoms with Crippen molar-refractivity contribution in [2.75, 3.05) is 50.7 Å². The van der Waals surface area contributed by atoms with Crippen LogP contribution in [0, 0.1) is 5.41 Å². The molecule has 1 N–H and O–H groups in total. The van der Waals surface area contributed by atoms with Gasteiger partial charge in [0.2, 0.25) is 5.91 Å². The fourth-order valence-electron chi connectivity index (χ4n) is 5.82. The fraction of sp³-hybridized carbons (Fsp3) is 0.571. The first kappa shape index (κ1) is 26.8. The van der Waals surface area contributed by atoms with Crippen LogP contribution in [-0.2, 0) is 11.3 Å². The predicted octanol–water partition coefficient (Wildman–Crippen LogP) is 2.12. The van der Waals surface area contributed by atoms with E-state index in [4.69, 9.17) is 0 Å². The molecule has 1 aromatic carbocycles. The highest BCUT2D eigenvalue weighted by molar-refractivity contribution is 5.85. The Morgan fingerprint density at radius 2 is 1.65 bits per heavy atom. The van der Waals surface area contributed by atoms with E-state index in [0.29, 0.717) is 63.1 Å². The molecule has 10 nitrogen and oxygen atoms in total. The number of anilines is 1. The quantitative estimate of drug-likeness (QED) is 0.477. The molecule has 6 rings (SSSR count). The molecule has 3 aromatic rings. The molecule has 0 unspecified atom stereocenters. The summed E-state index contributed by atoms with van der Waals surface area (Å²) in [5, 5.41) is 16.0. The molecule has 2 aliphatic heterocycles. The Balaban J connectivity index is 1.12. The molecule has 2 saturated heterocycles. The second-order valence-corrected chi connectivity index (χ2v) is 11.7. The van der Waals surface area contributed by atoms with E-state index < -0.39 is 12.0 Å². The van der Waals surface area contributed by atoms with E-state index in [2.05, 4.69) is 15.0 Å². The lowest BCUT2D eigenvalue weighted by Crippen LogP contribution is -2.51. The van der Waals surface area contributed by atoms with E-state index in [1.165, 1.54) is 17.1 Å². The highest BCUT2D eigenvalue weighted by Crippen LogP contribution is 2.47. The first-order valence-electron chi connectivity index (χ1n) is 14.0. The van der Waals surface area contributed by atoms with Gasteiger partial charge >= 0.3 is 0 Å². The molecule has 4 heterocycles. The second kappa shape index (κ2) is 10.2. The van der Waals surface area contributed by atoms with E-state index in [1.54, 1.807) is 9.58 Å². The zero-order valence-electron chi connectivity index (χ0n) is 22.7. The molecule has 0 atom stereocenters. The number of carbonyl (C=O) groups is 1. The van der Waals surface area contributed by atoms with Crippen molar-refractivity contribution in [2.45, 2.75) is 51.2 Å². The minimum Gasteiger partial charge on any atom is -0.388 e. The summed E-state index contributed by atoms with van der Waals surface area (Å²) in [7, 11) is 0. The van der Waals surface area contributed by atoms with Gasteiger partial charge in [-0.1, -0.05) is 6.92 Å². The van der Waals surface area contributed by atoms with Gasteiger partial charge in [-0.2, -0.15) is 5.10 Å². The summed E-state index contributed by atoms with van der Waals surface area (Å²) < 4.78 is 28.4. The van der Waals surface area contributed by atoms with E-state index in [9.17, 15) is 23.5 Å². The number of benzene rings is 1. The van der Waals surface area contributed by atoms with E-state index in [0.717, 1.165) is 24.2 Å². The maximum absolute atomic E-state index is 13.3. The number of amides is 1. The van der Waals surface area contributed by atoms with Gasteiger partial charge in [-0.3, -0.25) is 19.1 Å². The van der Waals surface area contributed by atoms with Crippen LogP contribution in [-0.4, -0.2) is 98.0 Å². The van der Waals surface area contributed by atoms with Crippen molar-refractivity contribution in [3.8, 4) is 5.69 Å². The van der Waals surface area contributed by atoms with Gasteiger partial charge in [-0.05, 0) is 49.9 Å². The molecule has 3 aliphatic rings. The minimum atomic E-state index is -2.32. The van der Waals surface area contributed by atoms with Crippen LogP contribution in [0.2, 0.25) is 0 Å². The summed E-state index contributed by atoms with van der Waals surface area (Å²) in [5.41, 5.74) is 0.596. The molecule has 0 radical (unpaired) electrons. The molecular formula is C28H35F2N7O3. The van der Waals surface area contributed by atoms with Crippen molar-refractivity contribution in [1.29, 1.82) is 0 Å². The topological polar surface area (TPSA) is 99.7 Å². The summed E-state index contributed by atoms with van der Waals surface area (Å²) >= 11 is 0. The van der Waals surface area contributed by atoms with Crippen molar-refractivity contribution in [2.24, 2.45) is 5.41 Å². The molecule has 1 amide bonds. The molecular weight excluding hydrogens is 520 g/mol. The molecule has 0 spiro atoms. The van der Waals surface area contributed by atoms with Crippen molar-refractivity contribution in [3.05, 3.63) is 47.1 Å². The smallest absolute Gasteiger partial charge is 0.264 e. The number of aromatic nitrogens is 4. The minimum absolute atomic E-state index is 0.110. The lowest BCUT2D eigenvalue weighted by Gasteiger charge is -2.39. The first-order valence-corrected chi connectivity index (χ1v) is 14.0. The van der Waals surface area contributed by atoms with Crippen molar-refractivity contribution >= 4 is 22.6 Å². The van der Waals surface area contributed by atoms with Gasteiger partial charge in [0.05, 0.1) is 30.6 Å². The predicted molar refractivity (Wildman–Crippen MR) is 146 cm³/mol. The standard InChI is InChI=1S/C28H35F2N7O3/c1-27(6-7-27)26(39)35-10-8-28(40,9-11-35)18-36-19-31-24-22(25(36)38)16-32-37(24)21-4-2-20(3-5-21)34-14-12-33(13-15-34)17-23(29)30/h2-5,16,19,23,40H,6-15,17-18H2,1H3. The third-order valence-corrected chi connectivity index (χ3v) is 8.74. The number of likely N-dealkylation sites (tertiary alicyclic amines) is 1. The average molecular weight is 556 g/mol. The number of aliphatic hydroxyl groups is 1. The molecule has 3 fully saturated rings. The maximum atomic E-state index is 13.3. The van der Waals surface area contributed by atoms with Crippen LogP contribution in [0.3, 0.4) is 0 Å². The molecule has 2 aromatic heterocycles. The highest BCUT2D eigenvalue weighted by Gasteiger charge is 2.48. The van der Waals surface area contributed by atoms with Crippen LogP contribution in [0.5, 0.6) is 0 Å². The number of piperazine rings is 1. The number of rotatable bonds is 7. The summed E-state index contributed by atoms with van der Waals surface area (Å²) in [6.07, 6.45) is 3.31. The Kier molecular flexibility index (Phi) is 6.86. The van der Waals surface area contributed by atoms with Crippen LogP contribution in [0.1, 0.15) is 32.6 Å². The fourth-order valence-corrected chi connectivity index (χ4v) is 5.82. The molecule has 0 bridgehead atoms. The number of nitrogens with zero attached hydrogens (tertiary/aromatic N) is 7. The van der Waals surface area contributed by atoms with Gasteiger partial charge < -0.3 is 14.9 Å². The zero-order valence-corrected chi connectivity index (χ0v) is 22.7. The lowest BCUT2D eigenvalue weighted by atomic mass is 9.90. The molecule has 12 heteroatoms. The van der Waals surface area contributed by atoms with Gasteiger partial charge in [0.25, 0.3) is 12.0 Å². The zero-order chi connectivity index (χ0) is 28.1. The summed E-state index contributed by atoms with van der Waals surface area (Å²) in [4.78, 5) is 36.3. The average Bonchev–Trinajstić information content (AvgIpc) is 3.55. The first-order chi connectivity index (χ1) is 19.1. The molecule has 214 valence electrons. The molecule has 40 heavy (non-hydrogen) atoms. The maximum Gasteiger partial charge on any atom is 0.264 e. The number of hydrogen-bond acceptors (Lipinski definition) is 7. The third-order valence-electron chi connectivity index (χ3n) is 8.74. The monoisotopic (exact) mass is 555 g/mol. The van der Waals surface area contributed by atoms with Crippen LogP contribution >= 0.6 is 0 Å². The highest BCUT2D eigenvalue weighted by atomic mass is 19.3. The van der Waals surface area contributed by atoms with E-state index in [-0.39, 0.29) is 30.0 Å². The molecule has 1 aliphatic carbocycles. The largest absolute Gasteiger partial charge is 0.388 e. The number of fused-ring (bicyclic) bond motifs is 1. The Bertz CT molecular complexity index is 1430. The van der Waals surface area contributed by atoms with Crippen molar-refractivity contribution in [3.63, 3.8) is 0 Å². The lowest BCUT2D eigenvalue weighted by molar-refractivity contribution is -0.141. The van der Waals surface area contributed by atoms with Gasteiger partial charge in [-0.25, -0.2) is 18.4 Å². The Morgan fingerprint density at radius 3 is 2.27 bits per heavy atom. The van der Waals surface area contributed by atoms with Crippen LogP contribution in [0.15, 0.2) is 41.6 Å². The van der Waals surface area contributed by atoms with Crippen LogP contribution in [0.25, 0.3) is 16.7 Å². The van der Waals surface area contributed by atoms with Gasteiger partial charge in [0, 0.05) is 50.4 Å². The summed E-state index contributed by atoms with van der Waals surface area (Å²) in [6.45, 7) is 5.42. The number of alkyl halides is 2. The Morgan fingerprint density at radius 1 is 1.00 bits per heavy atom. The Labute approximate surface area is 230 Å². The number of hydrogen-bond donors (Lipinski definition) is 1. The third kappa shape index (κ3) is 5.22. The number of carbonyl (C=O) groups excluding carboxylic acids is 1. The molecule has 1 saturated carbocycles. The normalized spacial score (nSPS) is 20.8. The number of halogens is 2. The SMILES string of the molecule is CC1(C(=O)N2CCC(O)(Cn3cnc4c(cnn4-c4ccc(N5CCN(CC(F)F)CC5)cc4)c3=O)CC2)CC1. The van der Waals surface area contributed by atoms with E-state index in [1.807, 2.05) is 36.1 Å². The van der Waals surface area contributed by atoms with Gasteiger partial charge in [-0.15, -0.1) is 0 Å². The van der Waals surface area contributed by atoms with Gasteiger partial charge in [0.1, 0.15) is 11.7 Å².